The largest absolute Gasteiger partial charge is 0.468 e. The lowest BCUT2D eigenvalue weighted by Gasteiger charge is -2.38. The summed E-state index contributed by atoms with van der Waals surface area (Å²) in [5, 5.41) is 0. The van der Waals surface area contributed by atoms with Crippen molar-refractivity contribution in [2.45, 2.75) is 51.2 Å². The first-order valence-electron chi connectivity index (χ1n) is 5.77. The zero-order valence-electron chi connectivity index (χ0n) is 11.1. The third-order valence-corrected chi connectivity index (χ3v) is 3.11. The molecular formula is C12H21NO4. The molecule has 1 heterocycles. The summed E-state index contributed by atoms with van der Waals surface area (Å²) in [6.07, 6.45) is 1.26. The number of hydrogen-bond donors (Lipinski definition) is 0. The van der Waals surface area contributed by atoms with Crippen molar-refractivity contribution in [3.8, 4) is 0 Å². The van der Waals surface area contributed by atoms with Gasteiger partial charge in [0.2, 0.25) is 0 Å². The van der Waals surface area contributed by atoms with E-state index in [0.29, 0.717) is 12.8 Å². The van der Waals surface area contributed by atoms with Crippen LogP contribution in [0, 0.1) is 0 Å². The van der Waals surface area contributed by atoms with Gasteiger partial charge in [-0.3, -0.25) is 14.5 Å². The maximum atomic E-state index is 11.7. The summed E-state index contributed by atoms with van der Waals surface area (Å²) in [6, 6.07) is -0.715. The Bertz CT molecular complexity index is 284. The molecule has 1 fully saturated rings. The van der Waals surface area contributed by atoms with Gasteiger partial charge in [0.25, 0.3) is 0 Å². The Hall–Kier alpha value is -1.10. The van der Waals surface area contributed by atoms with E-state index in [-0.39, 0.29) is 29.6 Å². The molecule has 0 radical (unpaired) electrons. The van der Waals surface area contributed by atoms with Crippen LogP contribution in [0.25, 0.3) is 0 Å². The van der Waals surface area contributed by atoms with E-state index in [1.54, 1.807) is 0 Å². The summed E-state index contributed by atoms with van der Waals surface area (Å²) in [5.74, 6) is -0.572. The van der Waals surface area contributed by atoms with Gasteiger partial charge in [0.05, 0.1) is 14.2 Å². The van der Waals surface area contributed by atoms with E-state index >= 15 is 0 Å². The molecule has 0 bridgehead atoms. The maximum Gasteiger partial charge on any atom is 0.323 e. The molecule has 0 saturated carbocycles. The predicted octanol–water partition coefficient (Wildman–Crippen LogP) is 0.964. The van der Waals surface area contributed by atoms with Crippen LogP contribution < -0.4 is 0 Å². The monoisotopic (exact) mass is 243 g/mol. The molecular weight excluding hydrogens is 222 g/mol. The molecule has 2 unspecified atom stereocenters. The molecule has 0 spiro atoms. The number of methoxy groups -OCH3 is 2. The van der Waals surface area contributed by atoms with Crippen LogP contribution in [0.15, 0.2) is 0 Å². The van der Waals surface area contributed by atoms with Gasteiger partial charge in [-0.05, 0) is 33.6 Å². The summed E-state index contributed by atoms with van der Waals surface area (Å²) >= 11 is 0. The van der Waals surface area contributed by atoms with Crippen LogP contribution in [0.2, 0.25) is 0 Å². The Morgan fingerprint density at radius 2 is 1.35 bits per heavy atom. The molecule has 0 aromatic carbocycles. The van der Waals surface area contributed by atoms with Crippen molar-refractivity contribution in [1.82, 2.24) is 4.90 Å². The maximum absolute atomic E-state index is 11.7. The van der Waals surface area contributed by atoms with Gasteiger partial charge in [-0.15, -0.1) is 0 Å². The van der Waals surface area contributed by atoms with E-state index in [1.165, 1.54) is 14.2 Å². The lowest BCUT2D eigenvalue weighted by Crippen LogP contribution is -2.54. The third kappa shape index (κ3) is 2.77. The molecule has 2 atom stereocenters. The van der Waals surface area contributed by atoms with E-state index < -0.39 is 0 Å². The van der Waals surface area contributed by atoms with Gasteiger partial charge in [-0.2, -0.15) is 0 Å². The highest BCUT2D eigenvalue weighted by atomic mass is 16.5. The number of hydrogen-bond acceptors (Lipinski definition) is 5. The normalized spacial score (nSPS) is 25.7. The van der Waals surface area contributed by atoms with Crippen LogP contribution in [0.4, 0.5) is 0 Å². The molecule has 5 nitrogen and oxygen atoms in total. The van der Waals surface area contributed by atoms with Crippen LogP contribution >= 0.6 is 0 Å². The van der Waals surface area contributed by atoms with Gasteiger partial charge in [-0.1, -0.05) is 0 Å². The SMILES string of the molecule is COC(=O)C1CCC(C(=O)OC)N1C(C)(C)C. The van der Waals surface area contributed by atoms with Crippen LogP contribution in [0.3, 0.4) is 0 Å². The molecule has 0 aliphatic carbocycles. The predicted molar refractivity (Wildman–Crippen MR) is 62.4 cm³/mol. The van der Waals surface area contributed by atoms with Crippen molar-refractivity contribution in [2.24, 2.45) is 0 Å². The number of ether oxygens (including phenoxy) is 2. The van der Waals surface area contributed by atoms with E-state index in [0.717, 1.165) is 0 Å². The minimum Gasteiger partial charge on any atom is -0.468 e. The standard InChI is InChI=1S/C12H21NO4/c1-12(2,3)13-8(10(14)16-4)6-7-9(13)11(15)17-5/h8-9H,6-7H2,1-5H3. The fourth-order valence-corrected chi connectivity index (χ4v) is 2.48. The fraction of sp³-hybridized carbons (Fsp3) is 0.833. The highest BCUT2D eigenvalue weighted by molar-refractivity contribution is 5.81. The Morgan fingerprint density at radius 1 is 1.00 bits per heavy atom. The molecule has 0 aromatic rings. The Labute approximate surface area is 102 Å². The number of likely N-dealkylation sites (tertiary alicyclic amines) is 1. The van der Waals surface area contributed by atoms with Gasteiger partial charge in [-0.25, -0.2) is 0 Å². The number of carbonyl (C=O) groups is 2. The van der Waals surface area contributed by atoms with E-state index in [1.807, 2.05) is 25.7 Å². The summed E-state index contributed by atoms with van der Waals surface area (Å²) in [4.78, 5) is 25.3. The van der Waals surface area contributed by atoms with Crippen LogP contribution in [0.1, 0.15) is 33.6 Å². The average molecular weight is 243 g/mol. The lowest BCUT2D eigenvalue weighted by molar-refractivity contribution is -0.154. The molecule has 0 aromatic heterocycles. The smallest absolute Gasteiger partial charge is 0.323 e. The van der Waals surface area contributed by atoms with Crippen molar-refractivity contribution in [3.05, 3.63) is 0 Å². The zero-order valence-corrected chi connectivity index (χ0v) is 11.1. The summed E-state index contributed by atoms with van der Waals surface area (Å²) in [6.45, 7) is 5.93. The Morgan fingerprint density at radius 3 is 1.59 bits per heavy atom. The van der Waals surface area contributed by atoms with Crippen molar-refractivity contribution >= 4 is 11.9 Å². The first-order chi connectivity index (χ1) is 7.82. The molecule has 98 valence electrons. The van der Waals surface area contributed by atoms with E-state index in [9.17, 15) is 9.59 Å². The molecule has 17 heavy (non-hydrogen) atoms. The zero-order chi connectivity index (χ0) is 13.2. The molecule has 1 rings (SSSR count). The summed E-state index contributed by atoms with van der Waals surface area (Å²) in [5.41, 5.74) is -0.284. The highest BCUT2D eigenvalue weighted by Crippen LogP contribution is 2.32. The Kier molecular flexibility index (Phi) is 4.14. The van der Waals surface area contributed by atoms with Crippen molar-refractivity contribution < 1.29 is 19.1 Å². The fourth-order valence-electron chi connectivity index (χ4n) is 2.48. The van der Waals surface area contributed by atoms with Crippen LogP contribution in [-0.4, -0.2) is 48.7 Å². The Balaban J connectivity index is 2.98. The number of esters is 2. The minimum atomic E-state index is -0.357. The highest BCUT2D eigenvalue weighted by Gasteiger charge is 2.47. The second kappa shape index (κ2) is 5.04. The third-order valence-electron chi connectivity index (χ3n) is 3.11. The molecule has 5 heteroatoms. The summed E-state index contributed by atoms with van der Waals surface area (Å²) < 4.78 is 9.58. The average Bonchev–Trinajstić information content (AvgIpc) is 2.71. The summed E-state index contributed by atoms with van der Waals surface area (Å²) in [7, 11) is 2.74. The van der Waals surface area contributed by atoms with Crippen molar-refractivity contribution in [2.75, 3.05) is 14.2 Å². The topological polar surface area (TPSA) is 55.8 Å². The minimum absolute atomic E-state index is 0.284. The molecule has 0 N–H and O–H groups in total. The first-order valence-corrected chi connectivity index (χ1v) is 5.77. The number of nitrogens with zero attached hydrogens (tertiary/aromatic N) is 1. The second-order valence-electron chi connectivity index (χ2n) is 5.23. The van der Waals surface area contributed by atoms with Gasteiger partial charge in [0.15, 0.2) is 0 Å². The van der Waals surface area contributed by atoms with Crippen molar-refractivity contribution in [1.29, 1.82) is 0 Å². The lowest BCUT2D eigenvalue weighted by atomic mass is 10.0. The quantitative estimate of drug-likeness (QED) is 0.676. The first kappa shape index (κ1) is 14.0. The van der Waals surface area contributed by atoms with Crippen molar-refractivity contribution in [3.63, 3.8) is 0 Å². The molecule has 1 aliphatic rings. The van der Waals surface area contributed by atoms with Gasteiger partial charge < -0.3 is 9.47 Å². The molecule has 0 amide bonds. The molecule has 1 aliphatic heterocycles. The number of carbonyl (C=O) groups excluding carboxylic acids is 2. The van der Waals surface area contributed by atoms with Crippen LogP contribution in [-0.2, 0) is 19.1 Å². The van der Waals surface area contributed by atoms with Gasteiger partial charge in [0, 0.05) is 5.54 Å². The van der Waals surface area contributed by atoms with Gasteiger partial charge in [0.1, 0.15) is 12.1 Å². The molecule has 1 saturated heterocycles. The van der Waals surface area contributed by atoms with E-state index in [2.05, 4.69) is 0 Å². The van der Waals surface area contributed by atoms with Crippen LogP contribution in [0.5, 0.6) is 0 Å². The second-order valence-corrected chi connectivity index (χ2v) is 5.23. The number of rotatable bonds is 2. The van der Waals surface area contributed by atoms with E-state index in [4.69, 9.17) is 9.47 Å². The van der Waals surface area contributed by atoms with Gasteiger partial charge >= 0.3 is 11.9 Å².